The van der Waals surface area contributed by atoms with Gasteiger partial charge in [0.05, 0.1) is 18.3 Å². The minimum atomic E-state index is 0.280. The molecule has 0 spiro atoms. The van der Waals surface area contributed by atoms with Crippen LogP contribution >= 0.6 is 0 Å². The lowest BCUT2D eigenvalue weighted by Gasteiger charge is -2.26. The summed E-state index contributed by atoms with van der Waals surface area (Å²) in [6.07, 6.45) is 0. The average Bonchev–Trinajstić information content (AvgIpc) is 2.85. The molecule has 0 aliphatic heterocycles. The Bertz CT molecular complexity index is 717. The first-order chi connectivity index (χ1) is 12.4. The summed E-state index contributed by atoms with van der Waals surface area (Å²) in [7, 11) is 6.18. The van der Waals surface area contributed by atoms with Crippen molar-refractivity contribution in [3.8, 4) is 0 Å². The maximum absolute atomic E-state index is 4.77. The molecule has 142 valence electrons. The van der Waals surface area contributed by atoms with Gasteiger partial charge in [-0.25, -0.2) is 4.99 Å². The van der Waals surface area contributed by atoms with Gasteiger partial charge < -0.3 is 15.5 Å². The summed E-state index contributed by atoms with van der Waals surface area (Å²) >= 11 is 0. The van der Waals surface area contributed by atoms with Crippen molar-refractivity contribution < 1.29 is 0 Å². The molecule has 2 N–H and O–H groups in total. The molecule has 0 radical (unpaired) electrons. The fraction of sp³-hybridized carbons (Fsp3) is 0.500. The molecule has 1 unspecified atom stereocenters. The Labute approximate surface area is 157 Å². The normalized spacial score (nSPS) is 13.1. The number of benzene rings is 1. The molecule has 2 aromatic rings. The average molecular weight is 357 g/mol. The zero-order valence-electron chi connectivity index (χ0n) is 16.9. The number of nitrogens with one attached hydrogen (secondary N) is 2. The molecule has 0 saturated carbocycles. The van der Waals surface area contributed by atoms with Crippen molar-refractivity contribution in [3.05, 3.63) is 52.8 Å². The standard InChI is InChI=1S/C20H32N6/c1-7-21-20(22-13-18-15(2)24-26(6)16(18)3)23-14-19(25(4)5)17-11-9-8-10-12-17/h8-12,19H,7,13-14H2,1-6H3,(H2,21,22,23). The van der Waals surface area contributed by atoms with E-state index in [-0.39, 0.29) is 6.04 Å². The quantitative estimate of drug-likeness (QED) is 0.591. The van der Waals surface area contributed by atoms with E-state index in [9.17, 15) is 0 Å². The van der Waals surface area contributed by atoms with Crippen molar-refractivity contribution in [1.82, 2.24) is 25.3 Å². The van der Waals surface area contributed by atoms with Gasteiger partial charge in [-0.05, 0) is 40.4 Å². The van der Waals surface area contributed by atoms with Crippen LogP contribution in [0.4, 0.5) is 0 Å². The number of nitrogens with zero attached hydrogens (tertiary/aromatic N) is 4. The van der Waals surface area contributed by atoms with Gasteiger partial charge in [0.1, 0.15) is 0 Å². The third-order valence-corrected chi connectivity index (χ3v) is 4.67. The van der Waals surface area contributed by atoms with Gasteiger partial charge in [-0.2, -0.15) is 5.10 Å². The molecule has 2 rings (SSSR count). The van der Waals surface area contributed by atoms with Crippen LogP contribution in [0.15, 0.2) is 35.3 Å². The lowest BCUT2D eigenvalue weighted by Crippen LogP contribution is -2.41. The van der Waals surface area contributed by atoms with Gasteiger partial charge in [0, 0.05) is 31.4 Å². The summed E-state index contributed by atoms with van der Waals surface area (Å²) in [6.45, 7) is 8.44. The molecule has 1 atom stereocenters. The van der Waals surface area contributed by atoms with E-state index in [4.69, 9.17) is 4.99 Å². The van der Waals surface area contributed by atoms with Gasteiger partial charge in [0.15, 0.2) is 5.96 Å². The molecule has 0 aliphatic carbocycles. The molecule has 0 aliphatic rings. The highest BCUT2D eigenvalue weighted by Gasteiger charge is 2.14. The van der Waals surface area contributed by atoms with Crippen LogP contribution in [-0.4, -0.2) is 47.8 Å². The first-order valence-electron chi connectivity index (χ1n) is 9.16. The summed E-state index contributed by atoms with van der Waals surface area (Å²) in [5.41, 5.74) is 4.69. The van der Waals surface area contributed by atoms with Gasteiger partial charge in [0.25, 0.3) is 0 Å². The summed E-state index contributed by atoms with van der Waals surface area (Å²) in [5, 5.41) is 11.3. The minimum absolute atomic E-state index is 0.280. The first-order valence-corrected chi connectivity index (χ1v) is 9.16. The summed E-state index contributed by atoms with van der Waals surface area (Å²) in [5.74, 6) is 0.831. The van der Waals surface area contributed by atoms with Gasteiger partial charge >= 0.3 is 0 Å². The molecule has 1 aromatic heterocycles. The summed E-state index contributed by atoms with van der Waals surface area (Å²) in [4.78, 5) is 6.99. The Morgan fingerprint density at radius 1 is 1.19 bits per heavy atom. The van der Waals surface area contributed by atoms with Crippen molar-refractivity contribution in [2.45, 2.75) is 33.4 Å². The number of hydrogen-bond donors (Lipinski definition) is 2. The van der Waals surface area contributed by atoms with Crippen LogP contribution in [0, 0.1) is 13.8 Å². The fourth-order valence-corrected chi connectivity index (χ4v) is 3.01. The molecule has 1 aromatic carbocycles. The predicted octanol–water partition coefficient (Wildman–Crippen LogP) is 2.39. The molecule has 6 heteroatoms. The predicted molar refractivity (Wildman–Crippen MR) is 108 cm³/mol. The topological polar surface area (TPSA) is 57.5 Å². The molecule has 26 heavy (non-hydrogen) atoms. The van der Waals surface area contributed by atoms with E-state index in [1.54, 1.807) is 0 Å². The second kappa shape index (κ2) is 9.38. The maximum atomic E-state index is 4.77. The van der Waals surface area contributed by atoms with Crippen molar-refractivity contribution in [1.29, 1.82) is 0 Å². The number of aryl methyl sites for hydroxylation is 2. The van der Waals surface area contributed by atoms with Gasteiger partial charge in [-0.1, -0.05) is 30.3 Å². The monoisotopic (exact) mass is 356 g/mol. The van der Waals surface area contributed by atoms with Gasteiger partial charge in [-0.3, -0.25) is 4.68 Å². The lowest BCUT2D eigenvalue weighted by molar-refractivity contribution is 0.298. The Kier molecular flexibility index (Phi) is 7.21. The van der Waals surface area contributed by atoms with E-state index in [2.05, 4.69) is 72.8 Å². The molecule has 0 bridgehead atoms. The van der Waals surface area contributed by atoms with E-state index < -0.39 is 0 Å². The molecule has 0 saturated heterocycles. The van der Waals surface area contributed by atoms with E-state index in [0.29, 0.717) is 6.54 Å². The van der Waals surface area contributed by atoms with Crippen molar-refractivity contribution in [3.63, 3.8) is 0 Å². The molecule has 0 fully saturated rings. The van der Waals surface area contributed by atoms with Crippen LogP contribution in [-0.2, 0) is 13.6 Å². The molecular weight excluding hydrogens is 324 g/mol. The third kappa shape index (κ3) is 5.08. The Morgan fingerprint density at radius 3 is 2.42 bits per heavy atom. The molecule has 1 heterocycles. The number of likely N-dealkylation sites (N-methyl/N-ethyl adjacent to an activating group) is 1. The Hall–Kier alpha value is -2.34. The van der Waals surface area contributed by atoms with Crippen LogP contribution in [0.2, 0.25) is 0 Å². The Balaban J connectivity index is 2.09. The van der Waals surface area contributed by atoms with Crippen LogP contribution in [0.25, 0.3) is 0 Å². The molecule has 6 nitrogen and oxygen atoms in total. The third-order valence-electron chi connectivity index (χ3n) is 4.67. The number of hydrogen-bond acceptors (Lipinski definition) is 3. The maximum Gasteiger partial charge on any atom is 0.191 e. The van der Waals surface area contributed by atoms with Crippen molar-refractivity contribution >= 4 is 5.96 Å². The van der Waals surface area contributed by atoms with E-state index >= 15 is 0 Å². The second-order valence-corrected chi connectivity index (χ2v) is 6.74. The zero-order valence-corrected chi connectivity index (χ0v) is 16.9. The fourth-order valence-electron chi connectivity index (χ4n) is 3.01. The summed E-state index contributed by atoms with van der Waals surface area (Å²) in [6, 6.07) is 10.8. The Morgan fingerprint density at radius 2 is 1.88 bits per heavy atom. The van der Waals surface area contributed by atoms with Gasteiger partial charge in [-0.15, -0.1) is 0 Å². The number of rotatable bonds is 7. The van der Waals surface area contributed by atoms with Crippen LogP contribution in [0.5, 0.6) is 0 Å². The smallest absolute Gasteiger partial charge is 0.191 e. The minimum Gasteiger partial charge on any atom is -0.357 e. The highest BCUT2D eigenvalue weighted by atomic mass is 15.3. The van der Waals surface area contributed by atoms with Crippen LogP contribution in [0.3, 0.4) is 0 Å². The number of aromatic nitrogens is 2. The van der Waals surface area contributed by atoms with Crippen molar-refractivity contribution in [2.24, 2.45) is 12.0 Å². The van der Waals surface area contributed by atoms with E-state index in [0.717, 1.165) is 30.4 Å². The highest BCUT2D eigenvalue weighted by Crippen LogP contribution is 2.17. The van der Waals surface area contributed by atoms with Crippen LogP contribution < -0.4 is 10.6 Å². The van der Waals surface area contributed by atoms with E-state index in [1.807, 2.05) is 24.7 Å². The van der Waals surface area contributed by atoms with E-state index in [1.165, 1.54) is 11.1 Å². The number of guanidine groups is 1. The van der Waals surface area contributed by atoms with Crippen LogP contribution in [0.1, 0.15) is 35.5 Å². The van der Waals surface area contributed by atoms with Crippen molar-refractivity contribution in [2.75, 3.05) is 27.2 Å². The lowest BCUT2D eigenvalue weighted by atomic mass is 10.1. The van der Waals surface area contributed by atoms with Gasteiger partial charge in [0.2, 0.25) is 0 Å². The largest absolute Gasteiger partial charge is 0.357 e. The molecular formula is C20H32N6. The summed E-state index contributed by atoms with van der Waals surface area (Å²) < 4.78 is 1.91. The molecule has 0 amide bonds. The zero-order chi connectivity index (χ0) is 19.1. The highest BCUT2D eigenvalue weighted by molar-refractivity contribution is 5.79. The first kappa shape index (κ1) is 20.0. The SMILES string of the molecule is CCNC(=NCc1c(C)nn(C)c1C)NCC(c1ccccc1)N(C)C. The second-order valence-electron chi connectivity index (χ2n) is 6.74. The number of aliphatic imine (C=N–C) groups is 1.